The van der Waals surface area contributed by atoms with Crippen molar-refractivity contribution in [3.8, 4) is 5.75 Å². The molecule has 23 heavy (non-hydrogen) atoms. The van der Waals surface area contributed by atoms with E-state index in [1.54, 1.807) is 43.8 Å². The number of hydrogen-bond donors (Lipinski definition) is 1. The van der Waals surface area contributed by atoms with E-state index < -0.39 is 6.04 Å². The summed E-state index contributed by atoms with van der Waals surface area (Å²) >= 11 is 0. The van der Waals surface area contributed by atoms with Crippen molar-refractivity contribution in [1.29, 1.82) is 0 Å². The van der Waals surface area contributed by atoms with Gasteiger partial charge >= 0.3 is 0 Å². The van der Waals surface area contributed by atoms with E-state index in [1.807, 2.05) is 12.1 Å². The number of aromatic nitrogens is 1. The van der Waals surface area contributed by atoms with E-state index in [1.165, 1.54) is 4.90 Å². The maximum Gasteiger partial charge on any atom is 0.251 e. The number of ether oxygens (including phenoxy) is 1. The lowest BCUT2D eigenvalue weighted by molar-refractivity contribution is -0.121. The zero-order valence-corrected chi connectivity index (χ0v) is 12.7. The van der Waals surface area contributed by atoms with E-state index >= 15 is 0 Å². The maximum atomic E-state index is 12.5. The van der Waals surface area contributed by atoms with Crippen LogP contribution in [0.4, 0.5) is 5.69 Å². The van der Waals surface area contributed by atoms with Crippen LogP contribution in [0.5, 0.6) is 5.75 Å². The van der Waals surface area contributed by atoms with Gasteiger partial charge in [-0.25, -0.2) is 4.90 Å². The fourth-order valence-corrected chi connectivity index (χ4v) is 2.54. The zero-order chi connectivity index (χ0) is 16.2. The molecule has 1 N–H and O–H groups in total. The van der Waals surface area contributed by atoms with Gasteiger partial charge in [0.15, 0.2) is 0 Å². The average molecular weight is 311 g/mol. The topological polar surface area (TPSA) is 71.5 Å². The number of nitrogens with zero attached hydrogens (tertiary/aromatic N) is 2. The molecule has 0 saturated carbocycles. The number of benzene rings is 1. The number of rotatable bonds is 5. The Bertz CT molecular complexity index is 701. The molecule has 2 heterocycles. The van der Waals surface area contributed by atoms with Gasteiger partial charge in [-0.05, 0) is 35.9 Å². The number of methoxy groups -OCH3 is 1. The third kappa shape index (κ3) is 3.22. The number of hydrogen-bond acceptors (Lipinski definition) is 5. The van der Waals surface area contributed by atoms with Crippen LogP contribution in [-0.4, -0.2) is 29.9 Å². The molecule has 0 bridgehead atoms. The fourth-order valence-electron chi connectivity index (χ4n) is 2.54. The third-order valence-corrected chi connectivity index (χ3v) is 3.75. The highest BCUT2D eigenvalue weighted by Gasteiger charge is 2.39. The second-order valence-electron chi connectivity index (χ2n) is 5.26. The number of amides is 2. The van der Waals surface area contributed by atoms with Crippen molar-refractivity contribution >= 4 is 17.5 Å². The Labute approximate surface area is 134 Å². The molecule has 1 aromatic heterocycles. The minimum absolute atomic E-state index is 0.158. The molecular weight excluding hydrogens is 294 g/mol. The fraction of sp³-hybridized carbons (Fsp3) is 0.235. The molecule has 2 aromatic rings. The summed E-state index contributed by atoms with van der Waals surface area (Å²) in [4.78, 5) is 29.9. The predicted octanol–water partition coefficient (Wildman–Crippen LogP) is 1.51. The Kier molecular flexibility index (Phi) is 4.34. The van der Waals surface area contributed by atoms with E-state index in [9.17, 15) is 9.59 Å². The van der Waals surface area contributed by atoms with Crippen LogP contribution in [0, 0.1) is 0 Å². The standard InChI is InChI=1S/C17H17N3O3/c1-23-14-6-4-13(5-7-14)20-16(21)9-15(17(20)22)19-11-12-3-2-8-18-10-12/h2-8,10,15,19H,9,11H2,1H3/t15-/m0/s1. The monoisotopic (exact) mass is 311 g/mol. The molecule has 118 valence electrons. The van der Waals surface area contributed by atoms with Crippen molar-refractivity contribution in [2.75, 3.05) is 12.0 Å². The molecule has 1 aromatic carbocycles. The van der Waals surface area contributed by atoms with Crippen molar-refractivity contribution in [2.24, 2.45) is 0 Å². The minimum atomic E-state index is -0.509. The third-order valence-electron chi connectivity index (χ3n) is 3.75. The molecule has 1 fully saturated rings. The zero-order valence-electron chi connectivity index (χ0n) is 12.7. The molecule has 0 radical (unpaired) electrons. The Balaban J connectivity index is 1.69. The van der Waals surface area contributed by atoms with Crippen LogP contribution < -0.4 is 15.0 Å². The normalized spacial score (nSPS) is 17.6. The number of nitrogens with one attached hydrogen (secondary N) is 1. The SMILES string of the molecule is COc1ccc(N2C(=O)C[C@H](NCc3cccnc3)C2=O)cc1. The van der Waals surface area contributed by atoms with Gasteiger partial charge in [-0.15, -0.1) is 0 Å². The number of carbonyl (C=O) groups is 2. The highest BCUT2D eigenvalue weighted by atomic mass is 16.5. The molecule has 0 spiro atoms. The second-order valence-corrected chi connectivity index (χ2v) is 5.26. The number of carbonyl (C=O) groups excluding carboxylic acids is 2. The summed E-state index contributed by atoms with van der Waals surface area (Å²) in [5.74, 6) is 0.243. The van der Waals surface area contributed by atoms with Crippen LogP contribution in [-0.2, 0) is 16.1 Å². The quantitative estimate of drug-likeness (QED) is 0.848. The van der Waals surface area contributed by atoms with Crippen LogP contribution in [0.1, 0.15) is 12.0 Å². The number of imide groups is 1. The van der Waals surface area contributed by atoms with Gasteiger partial charge in [0, 0.05) is 18.9 Å². The maximum absolute atomic E-state index is 12.5. The molecule has 6 nitrogen and oxygen atoms in total. The van der Waals surface area contributed by atoms with Gasteiger partial charge in [0.2, 0.25) is 5.91 Å². The van der Waals surface area contributed by atoms with Gasteiger partial charge in [-0.3, -0.25) is 14.6 Å². The summed E-state index contributed by atoms with van der Waals surface area (Å²) in [6.45, 7) is 0.494. The smallest absolute Gasteiger partial charge is 0.251 e. The molecule has 1 atom stereocenters. The number of pyridine rings is 1. The van der Waals surface area contributed by atoms with Crippen molar-refractivity contribution in [3.05, 3.63) is 54.4 Å². The van der Waals surface area contributed by atoms with Gasteiger partial charge in [-0.2, -0.15) is 0 Å². The highest BCUT2D eigenvalue weighted by molar-refractivity contribution is 6.22. The van der Waals surface area contributed by atoms with Crippen LogP contribution in [0.2, 0.25) is 0 Å². The predicted molar refractivity (Wildman–Crippen MR) is 85.0 cm³/mol. The lowest BCUT2D eigenvalue weighted by Gasteiger charge is -2.16. The van der Waals surface area contributed by atoms with E-state index in [0.717, 1.165) is 5.56 Å². The molecule has 2 amide bonds. The summed E-state index contributed by atoms with van der Waals surface area (Å²) in [7, 11) is 1.57. The van der Waals surface area contributed by atoms with Crippen LogP contribution >= 0.6 is 0 Å². The van der Waals surface area contributed by atoms with Gasteiger partial charge in [0.25, 0.3) is 5.91 Å². The first kappa shape index (κ1) is 15.2. The molecule has 6 heteroatoms. The molecule has 0 unspecified atom stereocenters. The van der Waals surface area contributed by atoms with Crippen molar-refractivity contribution < 1.29 is 14.3 Å². The Morgan fingerprint density at radius 2 is 2.04 bits per heavy atom. The molecule has 1 aliphatic rings. The van der Waals surface area contributed by atoms with Crippen molar-refractivity contribution in [3.63, 3.8) is 0 Å². The van der Waals surface area contributed by atoms with Gasteiger partial charge in [-0.1, -0.05) is 6.07 Å². The lowest BCUT2D eigenvalue weighted by atomic mass is 10.2. The second kappa shape index (κ2) is 6.58. The van der Waals surface area contributed by atoms with E-state index in [4.69, 9.17) is 4.74 Å². The molecule has 1 saturated heterocycles. The van der Waals surface area contributed by atoms with E-state index in [0.29, 0.717) is 18.0 Å². The van der Waals surface area contributed by atoms with E-state index in [-0.39, 0.29) is 18.2 Å². The first-order valence-corrected chi connectivity index (χ1v) is 7.32. The molecular formula is C17H17N3O3. The summed E-state index contributed by atoms with van der Waals surface area (Å²) in [5.41, 5.74) is 1.53. The molecule has 3 rings (SSSR count). The van der Waals surface area contributed by atoms with E-state index in [2.05, 4.69) is 10.3 Å². The van der Waals surface area contributed by atoms with Gasteiger partial charge in [0.05, 0.1) is 25.3 Å². The minimum Gasteiger partial charge on any atom is -0.497 e. The van der Waals surface area contributed by atoms with Crippen LogP contribution in [0.15, 0.2) is 48.8 Å². The summed E-state index contributed by atoms with van der Waals surface area (Å²) in [6.07, 6.45) is 3.58. The Hall–Kier alpha value is -2.73. The average Bonchev–Trinajstić information content (AvgIpc) is 2.88. The first-order chi connectivity index (χ1) is 11.2. The number of anilines is 1. The first-order valence-electron chi connectivity index (χ1n) is 7.32. The lowest BCUT2D eigenvalue weighted by Crippen LogP contribution is -2.38. The van der Waals surface area contributed by atoms with Crippen LogP contribution in [0.25, 0.3) is 0 Å². The Morgan fingerprint density at radius 1 is 1.26 bits per heavy atom. The summed E-state index contributed by atoms with van der Waals surface area (Å²) < 4.78 is 5.09. The Morgan fingerprint density at radius 3 is 2.70 bits per heavy atom. The summed E-state index contributed by atoms with van der Waals surface area (Å²) in [6, 6.07) is 10.1. The van der Waals surface area contributed by atoms with Crippen molar-refractivity contribution in [2.45, 2.75) is 19.0 Å². The highest BCUT2D eigenvalue weighted by Crippen LogP contribution is 2.25. The van der Waals surface area contributed by atoms with Gasteiger partial charge < -0.3 is 10.1 Å². The molecule has 1 aliphatic heterocycles. The van der Waals surface area contributed by atoms with Crippen LogP contribution in [0.3, 0.4) is 0 Å². The molecule has 0 aliphatic carbocycles. The summed E-state index contributed by atoms with van der Waals surface area (Å²) in [5, 5.41) is 3.12. The van der Waals surface area contributed by atoms with Crippen molar-refractivity contribution in [1.82, 2.24) is 10.3 Å². The van der Waals surface area contributed by atoms with Gasteiger partial charge in [0.1, 0.15) is 5.75 Å². The largest absolute Gasteiger partial charge is 0.497 e.